The second-order valence-corrected chi connectivity index (χ2v) is 5.11. The fraction of sp³-hybridized carbons (Fsp3) is 0.467. The summed E-state index contributed by atoms with van der Waals surface area (Å²) in [5, 5.41) is 11.8. The summed E-state index contributed by atoms with van der Waals surface area (Å²) in [6.07, 6.45) is 1.94. The van der Waals surface area contributed by atoms with Crippen molar-refractivity contribution in [3.63, 3.8) is 0 Å². The topological polar surface area (TPSA) is 75.6 Å². The third kappa shape index (κ3) is 3.81. The number of carboxylic acid groups (broad SMARTS) is 1. The molecule has 0 spiro atoms. The van der Waals surface area contributed by atoms with Gasteiger partial charge in [0.2, 0.25) is 0 Å². The summed E-state index contributed by atoms with van der Waals surface area (Å²) in [5.41, 5.74) is 1.35. The number of hydrogen-bond donors (Lipinski definition) is 2. The van der Waals surface area contributed by atoms with Crippen molar-refractivity contribution in [3.05, 3.63) is 35.4 Å². The Bertz CT molecular complexity index is 496. The summed E-state index contributed by atoms with van der Waals surface area (Å²) in [6, 6.07) is 6.92. The normalized spacial score (nSPS) is 15.7. The van der Waals surface area contributed by atoms with Gasteiger partial charge in [0.1, 0.15) is 0 Å². The van der Waals surface area contributed by atoms with E-state index in [-0.39, 0.29) is 18.4 Å². The monoisotopic (exact) mass is 277 g/mol. The summed E-state index contributed by atoms with van der Waals surface area (Å²) in [7, 11) is 1.58. The summed E-state index contributed by atoms with van der Waals surface area (Å²) >= 11 is 0. The van der Waals surface area contributed by atoms with Crippen LogP contribution in [0.3, 0.4) is 0 Å². The number of amides is 1. The Hall–Kier alpha value is -1.88. The first-order chi connectivity index (χ1) is 9.61. The number of carbonyl (C=O) groups excluding carboxylic acids is 1. The molecule has 0 aromatic heterocycles. The lowest BCUT2D eigenvalue weighted by molar-refractivity contribution is -0.137. The van der Waals surface area contributed by atoms with Crippen LogP contribution < -0.4 is 5.32 Å². The molecule has 1 saturated carbocycles. The maximum absolute atomic E-state index is 12.3. The molecule has 5 nitrogen and oxygen atoms in total. The van der Waals surface area contributed by atoms with Gasteiger partial charge in [-0.25, -0.2) is 0 Å². The SMILES string of the molecule is COCc1ccccc1C(=O)NC(CC(=O)O)C1CC1. The van der Waals surface area contributed by atoms with E-state index in [1.165, 1.54) is 0 Å². The molecule has 1 aromatic rings. The van der Waals surface area contributed by atoms with E-state index in [0.29, 0.717) is 18.1 Å². The first kappa shape index (κ1) is 14.5. The molecule has 0 aliphatic heterocycles. The van der Waals surface area contributed by atoms with Gasteiger partial charge in [0.25, 0.3) is 5.91 Å². The zero-order chi connectivity index (χ0) is 14.5. The van der Waals surface area contributed by atoms with E-state index in [9.17, 15) is 9.59 Å². The zero-order valence-electron chi connectivity index (χ0n) is 11.5. The predicted octanol–water partition coefficient (Wildman–Crippen LogP) is 1.82. The molecule has 1 aromatic carbocycles. The fourth-order valence-corrected chi connectivity index (χ4v) is 2.29. The lowest BCUT2D eigenvalue weighted by atomic mass is 10.0. The Labute approximate surface area is 117 Å². The van der Waals surface area contributed by atoms with Crippen molar-refractivity contribution in [1.29, 1.82) is 0 Å². The largest absolute Gasteiger partial charge is 0.481 e. The standard InChI is InChI=1S/C15H19NO4/c1-20-9-11-4-2-3-5-12(11)15(19)16-13(8-14(17)18)10-6-7-10/h2-5,10,13H,6-9H2,1H3,(H,16,19)(H,17,18). The highest BCUT2D eigenvalue weighted by Crippen LogP contribution is 2.34. The van der Waals surface area contributed by atoms with Gasteiger partial charge in [0, 0.05) is 18.7 Å². The van der Waals surface area contributed by atoms with E-state index in [2.05, 4.69) is 5.32 Å². The fourth-order valence-electron chi connectivity index (χ4n) is 2.29. The number of carboxylic acids is 1. The molecule has 0 bridgehead atoms. The first-order valence-corrected chi connectivity index (χ1v) is 6.71. The van der Waals surface area contributed by atoms with Crippen LogP contribution in [0.4, 0.5) is 0 Å². The van der Waals surface area contributed by atoms with E-state index < -0.39 is 5.97 Å². The number of carbonyl (C=O) groups is 2. The van der Waals surface area contributed by atoms with Crippen LogP contribution in [0.15, 0.2) is 24.3 Å². The number of aliphatic carboxylic acids is 1. The Morgan fingerprint density at radius 2 is 2.10 bits per heavy atom. The first-order valence-electron chi connectivity index (χ1n) is 6.71. The summed E-state index contributed by atoms with van der Waals surface area (Å²) < 4.78 is 5.07. The number of methoxy groups -OCH3 is 1. The smallest absolute Gasteiger partial charge is 0.305 e. The highest BCUT2D eigenvalue weighted by atomic mass is 16.5. The van der Waals surface area contributed by atoms with E-state index in [4.69, 9.17) is 9.84 Å². The van der Waals surface area contributed by atoms with Crippen molar-refractivity contribution in [1.82, 2.24) is 5.32 Å². The molecule has 5 heteroatoms. The van der Waals surface area contributed by atoms with E-state index in [1.807, 2.05) is 12.1 Å². The van der Waals surface area contributed by atoms with Crippen molar-refractivity contribution < 1.29 is 19.4 Å². The molecule has 1 atom stereocenters. The van der Waals surface area contributed by atoms with Gasteiger partial charge < -0.3 is 15.2 Å². The Morgan fingerprint density at radius 3 is 2.70 bits per heavy atom. The summed E-state index contributed by atoms with van der Waals surface area (Å²) in [4.78, 5) is 23.2. The van der Waals surface area contributed by atoms with Crippen molar-refractivity contribution in [3.8, 4) is 0 Å². The van der Waals surface area contributed by atoms with Crippen LogP contribution in [0.2, 0.25) is 0 Å². The van der Waals surface area contributed by atoms with Crippen molar-refractivity contribution in [2.75, 3.05) is 7.11 Å². The number of nitrogens with one attached hydrogen (secondary N) is 1. The molecule has 0 saturated heterocycles. The van der Waals surface area contributed by atoms with Crippen LogP contribution in [0, 0.1) is 5.92 Å². The van der Waals surface area contributed by atoms with Gasteiger partial charge >= 0.3 is 5.97 Å². The molecule has 0 radical (unpaired) electrons. The lowest BCUT2D eigenvalue weighted by Crippen LogP contribution is -2.38. The van der Waals surface area contributed by atoms with Crippen molar-refractivity contribution in [2.24, 2.45) is 5.92 Å². The molecular formula is C15H19NO4. The quantitative estimate of drug-likeness (QED) is 0.797. The summed E-state index contributed by atoms with van der Waals surface area (Å²) in [5.74, 6) is -0.812. The maximum atomic E-state index is 12.3. The van der Waals surface area contributed by atoms with Gasteiger partial charge in [-0.2, -0.15) is 0 Å². The molecule has 1 unspecified atom stereocenters. The van der Waals surface area contributed by atoms with E-state index in [0.717, 1.165) is 18.4 Å². The molecule has 1 aliphatic carbocycles. The molecule has 2 N–H and O–H groups in total. The number of rotatable bonds is 7. The van der Waals surface area contributed by atoms with Gasteiger partial charge in [-0.1, -0.05) is 18.2 Å². The summed E-state index contributed by atoms with van der Waals surface area (Å²) in [6.45, 7) is 0.358. The van der Waals surface area contributed by atoms with Crippen molar-refractivity contribution in [2.45, 2.75) is 31.9 Å². The number of hydrogen-bond acceptors (Lipinski definition) is 3. The van der Waals surface area contributed by atoms with E-state index in [1.54, 1.807) is 19.2 Å². The third-order valence-electron chi connectivity index (χ3n) is 3.46. The molecule has 1 aliphatic rings. The van der Waals surface area contributed by atoms with Gasteiger partial charge in [0.15, 0.2) is 0 Å². The average Bonchev–Trinajstić information content (AvgIpc) is 3.22. The molecule has 2 rings (SSSR count). The highest BCUT2D eigenvalue weighted by molar-refractivity contribution is 5.96. The molecule has 1 amide bonds. The van der Waals surface area contributed by atoms with Gasteiger partial charge in [-0.05, 0) is 30.4 Å². The second kappa shape index (κ2) is 6.52. The second-order valence-electron chi connectivity index (χ2n) is 5.11. The number of ether oxygens (including phenoxy) is 1. The third-order valence-corrected chi connectivity index (χ3v) is 3.46. The minimum absolute atomic E-state index is 0.0249. The molecular weight excluding hydrogens is 258 g/mol. The Kier molecular flexibility index (Phi) is 4.74. The van der Waals surface area contributed by atoms with Crippen molar-refractivity contribution >= 4 is 11.9 Å². The maximum Gasteiger partial charge on any atom is 0.305 e. The average molecular weight is 277 g/mol. The zero-order valence-corrected chi connectivity index (χ0v) is 11.5. The predicted molar refractivity (Wildman–Crippen MR) is 73.4 cm³/mol. The Morgan fingerprint density at radius 1 is 1.40 bits per heavy atom. The van der Waals surface area contributed by atoms with Crippen LogP contribution in [0.5, 0.6) is 0 Å². The van der Waals surface area contributed by atoms with Gasteiger partial charge in [-0.3, -0.25) is 9.59 Å². The number of benzene rings is 1. The minimum Gasteiger partial charge on any atom is -0.481 e. The molecule has 1 fully saturated rings. The molecule has 108 valence electrons. The van der Waals surface area contributed by atoms with Gasteiger partial charge in [0.05, 0.1) is 13.0 Å². The lowest BCUT2D eigenvalue weighted by Gasteiger charge is -2.17. The molecule has 0 heterocycles. The van der Waals surface area contributed by atoms with Crippen LogP contribution >= 0.6 is 0 Å². The van der Waals surface area contributed by atoms with Crippen LogP contribution in [0.1, 0.15) is 35.2 Å². The molecule has 20 heavy (non-hydrogen) atoms. The highest BCUT2D eigenvalue weighted by Gasteiger charge is 2.34. The minimum atomic E-state index is -0.882. The van der Waals surface area contributed by atoms with Crippen LogP contribution in [-0.2, 0) is 16.1 Å². The Balaban J connectivity index is 2.08. The van der Waals surface area contributed by atoms with E-state index >= 15 is 0 Å². The van der Waals surface area contributed by atoms with Crippen LogP contribution in [0.25, 0.3) is 0 Å². The van der Waals surface area contributed by atoms with Gasteiger partial charge in [-0.15, -0.1) is 0 Å². The van der Waals surface area contributed by atoms with Crippen LogP contribution in [-0.4, -0.2) is 30.1 Å².